The monoisotopic (exact) mass is 479 g/mol. The highest BCUT2D eigenvalue weighted by atomic mass is 16.2. The Bertz CT molecular complexity index is 1450. The molecule has 0 atom stereocenters. The minimum absolute atomic E-state index is 0.0232. The fourth-order valence-electron chi connectivity index (χ4n) is 4.83. The standard InChI is InChI=1S/C23H25N7O5/c1-25-20-19(21(33)26(2)22(25)34)28(14-24-20)12-17(31)27-10-8-15(9-11-27)29-13-18(32)30(23(29)35)16-6-4-3-5-7-16/h3-7,14-15H,8-13H2,1-2H3. The molecule has 12 heteroatoms. The number of aryl methyl sites for hydroxylation is 1. The molecule has 2 saturated heterocycles. The van der Waals surface area contributed by atoms with E-state index in [0.29, 0.717) is 31.6 Å². The van der Waals surface area contributed by atoms with Crippen LogP contribution in [-0.4, -0.2) is 72.0 Å². The van der Waals surface area contributed by atoms with Crippen LogP contribution in [0, 0.1) is 0 Å². The van der Waals surface area contributed by atoms with Gasteiger partial charge in [0, 0.05) is 33.2 Å². The summed E-state index contributed by atoms with van der Waals surface area (Å²) in [6, 6.07) is 8.36. The molecule has 1 aromatic carbocycles. The average molecular weight is 479 g/mol. The molecule has 0 saturated carbocycles. The van der Waals surface area contributed by atoms with E-state index in [2.05, 4.69) is 4.98 Å². The molecule has 4 heterocycles. The van der Waals surface area contributed by atoms with Gasteiger partial charge in [0.1, 0.15) is 13.1 Å². The summed E-state index contributed by atoms with van der Waals surface area (Å²) >= 11 is 0. The first-order chi connectivity index (χ1) is 16.8. The van der Waals surface area contributed by atoms with Crippen molar-refractivity contribution in [2.75, 3.05) is 24.5 Å². The number of hydrogen-bond acceptors (Lipinski definition) is 6. The summed E-state index contributed by atoms with van der Waals surface area (Å²) < 4.78 is 3.73. The second-order valence-electron chi connectivity index (χ2n) is 8.84. The summed E-state index contributed by atoms with van der Waals surface area (Å²) in [6.45, 7) is 0.790. The summed E-state index contributed by atoms with van der Waals surface area (Å²) in [5, 5.41) is 0. The maximum atomic E-state index is 13.0. The Kier molecular flexibility index (Phi) is 5.50. The molecular formula is C23H25N7O5. The Morgan fingerprint density at radius 2 is 1.69 bits per heavy atom. The number of fused-ring (bicyclic) bond motifs is 1. The number of benzene rings is 1. The van der Waals surface area contributed by atoms with Gasteiger partial charge in [0.25, 0.3) is 11.5 Å². The van der Waals surface area contributed by atoms with E-state index < -0.39 is 11.2 Å². The van der Waals surface area contributed by atoms with Gasteiger partial charge in [-0.2, -0.15) is 0 Å². The van der Waals surface area contributed by atoms with Crippen molar-refractivity contribution in [1.82, 2.24) is 28.5 Å². The van der Waals surface area contributed by atoms with Gasteiger partial charge in [-0.3, -0.25) is 23.5 Å². The van der Waals surface area contributed by atoms with E-state index in [0.717, 1.165) is 4.57 Å². The average Bonchev–Trinajstić information content (AvgIpc) is 3.42. The van der Waals surface area contributed by atoms with E-state index in [1.54, 1.807) is 34.1 Å². The van der Waals surface area contributed by atoms with Gasteiger partial charge in [-0.15, -0.1) is 0 Å². The Labute approximate surface area is 199 Å². The smallest absolute Gasteiger partial charge is 0.332 e. The highest BCUT2D eigenvalue weighted by Crippen LogP contribution is 2.26. The van der Waals surface area contributed by atoms with Crippen molar-refractivity contribution >= 4 is 34.7 Å². The maximum Gasteiger partial charge on any atom is 0.332 e. The Morgan fingerprint density at radius 1 is 1.00 bits per heavy atom. The van der Waals surface area contributed by atoms with Gasteiger partial charge in [0.2, 0.25) is 5.91 Å². The number of urea groups is 1. The number of aromatic nitrogens is 4. The molecule has 0 N–H and O–H groups in total. The van der Waals surface area contributed by atoms with E-state index in [1.807, 2.05) is 6.07 Å². The van der Waals surface area contributed by atoms with Crippen LogP contribution in [0.2, 0.25) is 0 Å². The van der Waals surface area contributed by atoms with Gasteiger partial charge in [0.15, 0.2) is 11.2 Å². The number of piperidine rings is 1. The number of nitrogens with zero attached hydrogens (tertiary/aromatic N) is 7. The maximum absolute atomic E-state index is 13.0. The van der Waals surface area contributed by atoms with Gasteiger partial charge in [-0.05, 0) is 25.0 Å². The quantitative estimate of drug-likeness (QED) is 0.482. The van der Waals surface area contributed by atoms with Crippen molar-refractivity contribution in [3.8, 4) is 0 Å². The minimum Gasteiger partial charge on any atom is -0.341 e. The van der Waals surface area contributed by atoms with Crippen LogP contribution in [0.25, 0.3) is 11.2 Å². The van der Waals surface area contributed by atoms with Crippen molar-refractivity contribution < 1.29 is 14.4 Å². The molecule has 182 valence electrons. The lowest BCUT2D eigenvalue weighted by molar-refractivity contribution is -0.133. The van der Waals surface area contributed by atoms with Crippen LogP contribution in [0.15, 0.2) is 46.2 Å². The van der Waals surface area contributed by atoms with Crippen molar-refractivity contribution in [3.63, 3.8) is 0 Å². The van der Waals surface area contributed by atoms with Gasteiger partial charge in [-0.1, -0.05) is 18.2 Å². The van der Waals surface area contributed by atoms with Crippen LogP contribution < -0.4 is 16.1 Å². The van der Waals surface area contributed by atoms with Gasteiger partial charge in [0.05, 0.1) is 12.0 Å². The fourth-order valence-corrected chi connectivity index (χ4v) is 4.83. The molecular weight excluding hydrogens is 454 g/mol. The first-order valence-corrected chi connectivity index (χ1v) is 11.3. The summed E-state index contributed by atoms with van der Waals surface area (Å²) in [6.07, 6.45) is 2.49. The number of rotatable bonds is 4. The molecule has 0 aliphatic carbocycles. The number of imidazole rings is 1. The number of carbonyl (C=O) groups is 3. The summed E-state index contributed by atoms with van der Waals surface area (Å²) in [4.78, 5) is 71.9. The predicted octanol–water partition coefficient (Wildman–Crippen LogP) is -0.106. The van der Waals surface area contributed by atoms with E-state index in [9.17, 15) is 24.0 Å². The molecule has 2 aliphatic heterocycles. The van der Waals surface area contributed by atoms with Crippen LogP contribution in [0.3, 0.4) is 0 Å². The number of para-hydroxylation sites is 1. The van der Waals surface area contributed by atoms with Crippen LogP contribution in [-0.2, 0) is 30.2 Å². The molecule has 2 aliphatic rings. The molecule has 2 aromatic heterocycles. The van der Waals surface area contributed by atoms with Crippen LogP contribution in [0.5, 0.6) is 0 Å². The number of anilines is 1. The van der Waals surface area contributed by atoms with Gasteiger partial charge >= 0.3 is 11.7 Å². The topological polar surface area (TPSA) is 123 Å². The number of likely N-dealkylation sites (tertiary alicyclic amines) is 1. The number of amides is 4. The molecule has 0 radical (unpaired) electrons. The number of hydrogen-bond donors (Lipinski definition) is 0. The zero-order chi connectivity index (χ0) is 24.9. The second-order valence-corrected chi connectivity index (χ2v) is 8.84. The Hall–Kier alpha value is -4.22. The largest absolute Gasteiger partial charge is 0.341 e. The van der Waals surface area contributed by atoms with Crippen molar-refractivity contribution in [2.24, 2.45) is 14.1 Å². The molecule has 2 fully saturated rings. The fraction of sp³-hybridized carbons (Fsp3) is 0.391. The predicted molar refractivity (Wildman–Crippen MR) is 126 cm³/mol. The van der Waals surface area contributed by atoms with Crippen LogP contribution in [0.1, 0.15) is 12.8 Å². The number of imide groups is 1. The van der Waals surface area contributed by atoms with E-state index in [-0.39, 0.29) is 48.1 Å². The van der Waals surface area contributed by atoms with E-state index >= 15 is 0 Å². The van der Waals surface area contributed by atoms with Crippen molar-refractivity contribution in [2.45, 2.75) is 25.4 Å². The van der Waals surface area contributed by atoms with Crippen molar-refractivity contribution in [1.29, 1.82) is 0 Å². The van der Waals surface area contributed by atoms with Crippen molar-refractivity contribution in [3.05, 3.63) is 57.5 Å². The second kappa shape index (κ2) is 8.53. The van der Waals surface area contributed by atoms with E-state index in [4.69, 9.17) is 0 Å². The molecule has 0 bridgehead atoms. The van der Waals surface area contributed by atoms with Gasteiger partial charge in [-0.25, -0.2) is 19.5 Å². The summed E-state index contributed by atoms with van der Waals surface area (Å²) in [7, 11) is 2.91. The third kappa shape index (κ3) is 3.70. The zero-order valence-electron chi connectivity index (χ0n) is 19.5. The Morgan fingerprint density at radius 3 is 2.37 bits per heavy atom. The highest BCUT2D eigenvalue weighted by Gasteiger charge is 2.41. The SMILES string of the molecule is Cn1c(=O)c2c(ncn2CC(=O)N2CCC(N3CC(=O)N(c4ccccc4)C3=O)CC2)n(C)c1=O. The molecule has 0 unspecified atom stereocenters. The van der Waals surface area contributed by atoms with Crippen LogP contribution in [0.4, 0.5) is 10.5 Å². The lowest BCUT2D eigenvalue weighted by Crippen LogP contribution is -2.48. The Balaban J connectivity index is 1.26. The molecule has 0 spiro atoms. The third-order valence-corrected chi connectivity index (χ3v) is 6.79. The molecule has 5 rings (SSSR count). The summed E-state index contributed by atoms with van der Waals surface area (Å²) in [5.41, 5.74) is -0.0205. The summed E-state index contributed by atoms with van der Waals surface area (Å²) in [5.74, 6) is -0.448. The molecule has 4 amide bonds. The van der Waals surface area contributed by atoms with E-state index in [1.165, 1.54) is 34.5 Å². The lowest BCUT2D eigenvalue weighted by atomic mass is 10.0. The molecule has 3 aromatic rings. The first-order valence-electron chi connectivity index (χ1n) is 11.3. The molecule has 35 heavy (non-hydrogen) atoms. The first kappa shape index (κ1) is 22.6. The normalized spacial score (nSPS) is 17.1. The minimum atomic E-state index is -0.507. The zero-order valence-corrected chi connectivity index (χ0v) is 19.5. The molecule has 12 nitrogen and oxygen atoms in total. The lowest BCUT2D eigenvalue weighted by Gasteiger charge is -2.36. The highest BCUT2D eigenvalue weighted by molar-refractivity contribution is 6.19. The third-order valence-electron chi connectivity index (χ3n) is 6.79. The van der Waals surface area contributed by atoms with Crippen LogP contribution >= 0.6 is 0 Å². The van der Waals surface area contributed by atoms with Gasteiger partial charge < -0.3 is 14.4 Å². The number of carbonyl (C=O) groups excluding carboxylic acids is 3.